The van der Waals surface area contributed by atoms with Gasteiger partial charge in [-0.25, -0.2) is 8.42 Å². The van der Waals surface area contributed by atoms with E-state index in [0.29, 0.717) is 5.02 Å². The molecule has 1 fully saturated rings. The molecule has 0 spiro atoms. The number of benzene rings is 2. The van der Waals surface area contributed by atoms with Crippen LogP contribution >= 0.6 is 23.2 Å². The minimum absolute atomic E-state index is 0.0689. The number of sulfonamides is 1. The van der Waals surface area contributed by atoms with Crippen molar-refractivity contribution in [2.75, 3.05) is 24.2 Å². The number of carbonyl (C=O) groups excluding carboxylic acids is 2. The lowest BCUT2D eigenvalue weighted by Gasteiger charge is -2.33. The highest BCUT2D eigenvalue weighted by molar-refractivity contribution is 7.92. The van der Waals surface area contributed by atoms with E-state index in [-0.39, 0.29) is 35.0 Å². The van der Waals surface area contributed by atoms with Gasteiger partial charge in [0.15, 0.2) is 0 Å². The van der Waals surface area contributed by atoms with Crippen LogP contribution in [0.5, 0.6) is 5.75 Å². The molecule has 1 aliphatic rings. The van der Waals surface area contributed by atoms with E-state index in [9.17, 15) is 18.0 Å². The summed E-state index contributed by atoms with van der Waals surface area (Å²) in [4.78, 5) is 28.3. The molecule has 11 heteroatoms. The first-order chi connectivity index (χ1) is 17.5. The highest BCUT2D eigenvalue weighted by Crippen LogP contribution is 2.33. The van der Waals surface area contributed by atoms with Crippen LogP contribution in [-0.2, 0) is 26.2 Å². The summed E-state index contributed by atoms with van der Waals surface area (Å²) >= 11 is 12.2. The summed E-state index contributed by atoms with van der Waals surface area (Å²) in [5.74, 6) is -0.580. The first-order valence-corrected chi connectivity index (χ1v) is 14.8. The highest BCUT2D eigenvalue weighted by Gasteiger charge is 2.32. The molecule has 2 amide bonds. The molecule has 0 aromatic heterocycles. The van der Waals surface area contributed by atoms with Crippen LogP contribution in [0.3, 0.4) is 0 Å². The molecule has 0 radical (unpaired) electrons. The van der Waals surface area contributed by atoms with E-state index in [0.717, 1.165) is 48.2 Å². The number of ether oxygens (including phenoxy) is 1. The summed E-state index contributed by atoms with van der Waals surface area (Å²) in [6.07, 6.45) is 6.07. The van der Waals surface area contributed by atoms with Crippen LogP contribution in [0, 0.1) is 0 Å². The third-order valence-corrected chi connectivity index (χ3v) is 8.09. The number of hydrogen-bond acceptors (Lipinski definition) is 5. The predicted molar refractivity (Wildman–Crippen MR) is 147 cm³/mol. The van der Waals surface area contributed by atoms with Gasteiger partial charge in [0.25, 0.3) is 0 Å². The molecule has 1 saturated carbocycles. The fraction of sp³-hybridized carbons (Fsp3) is 0.462. The van der Waals surface area contributed by atoms with Crippen molar-refractivity contribution in [3.05, 3.63) is 58.1 Å². The second-order valence-electron chi connectivity index (χ2n) is 9.25. The van der Waals surface area contributed by atoms with Gasteiger partial charge in [-0.3, -0.25) is 13.9 Å². The number of nitrogens with one attached hydrogen (secondary N) is 1. The van der Waals surface area contributed by atoms with E-state index >= 15 is 0 Å². The minimum Gasteiger partial charge on any atom is -0.495 e. The number of halogens is 2. The van der Waals surface area contributed by atoms with E-state index in [2.05, 4.69) is 5.32 Å². The SMILES string of the molecule is COc1ccc(Cl)cc1N(CC(=O)N(Cc1ccc(Cl)cc1)[C@@H](C)C(=O)NC1CCCCC1)S(C)(=O)=O. The van der Waals surface area contributed by atoms with Gasteiger partial charge in [-0.15, -0.1) is 0 Å². The van der Waals surface area contributed by atoms with Crippen LogP contribution in [0.25, 0.3) is 0 Å². The molecule has 0 bridgehead atoms. The molecule has 2 aromatic carbocycles. The standard InChI is InChI=1S/C26H33Cl2N3O5S/c1-18(26(33)29-22-7-5-4-6-8-22)30(16-19-9-11-20(27)12-10-19)25(32)17-31(37(3,34)35)23-15-21(28)13-14-24(23)36-2/h9-15,18,22H,4-8,16-17H2,1-3H3,(H,29,33)/t18-/m0/s1. The van der Waals surface area contributed by atoms with Gasteiger partial charge in [0, 0.05) is 22.6 Å². The molecular formula is C26H33Cl2N3O5S. The molecule has 0 heterocycles. The summed E-state index contributed by atoms with van der Waals surface area (Å²) in [6, 6.07) is 10.7. The van der Waals surface area contributed by atoms with Crippen LogP contribution in [0.1, 0.15) is 44.6 Å². The molecule has 2 aromatic rings. The molecular weight excluding hydrogens is 537 g/mol. The molecule has 0 unspecified atom stereocenters. The van der Waals surface area contributed by atoms with Gasteiger partial charge in [-0.2, -0.15) is 0 Å². The molecule has 0 saturated heterocycles. The number of methoxy groups -OCH3 is 1. The lowest BCUT2D eigenvalue weighted by Crippen LogP contribution is -2.53. The molecule has 0 aliphatic heterocycles. The predicted octanol–water partition coefficient (Wildman–Crippen LogP) is 4.63. The number of amides is 2. The summed E-state index contributed by atoms with van der Waals surface area (Å²) in [7, 11) is -2.51. The van der Waals surface area contributed by atoms with E-state index in [1.54, 1.807) is 37.3 Å². The van der Waals surface area contributed by atoms with Crippen molar-refractivity contribution in [2.24, 2.45) is 0 Å². The van der Waals surface area contributed by atoms with Crippen LogP contribution < -0.4 is 14.4 Å². The molecule has 202 valence electrons. The molecule has 8 nitrogen and oxygen atoms in total. The van der Waals surface area contributed by atoms with Gasteiger partial charge in [0.1, 0.15) is 18.3 Å². The monoisotopic (exact) mass is 569 g/mol. The zero-order valence-electron chi connectivity index (χ0n) is 21.2. The van der Waals surface area contributed by atoms with Crippen LogP contribution in [0.2, 0.25) is 10.0 Å². The summed E-state index contributed by atoms with van der Waals surface area (Å²) < 4.78 is 31.9. The van der Waals surface area contributed by atoms with Crippen molar-refractivity contribution in [1.29, 1.82) is 0 Å². The van der Waals surface area contributed by atoms with Gasteiger partial charge < -0.3 is 15.0 Å². The van der Waals surface area contributed by atoms with Gasteiger partial charge in [-0.1, -0.05) is 54.6 Å². The smallest absolute Gasteiger partial charge is 0.244 e. The lowest BCUT2D eigenvalue weighted by molar-refractivity contribution is -0.139. The molecule has 1 N–H and O–H groups in total. The average Bonchev–Trinajstić information content (AvgIpc) is 2.86. The zero-order chi connectivity index (χ0) is 27.2. The summed E-state index contributed by atoms with van der Waals surface area (Å²) in [5.41, 5.74) is 0.887. The average molecular weight is 571 g/mol. The number of carbonyl (C=O) groups is 2. The quantitative estimate of drug-likeness (QED) is 0.449. The Morgan fingerprint density at radius 3 is 2.27 bits per heavy atom. The fourth-order valence-electron chi connectivity index (χ4n) is 4.39. The summed E-state index contributed by atoms with van der Waals surface area (Å²) in [5, 5.41) is 3.90. The molecule has 37 heavy (non-hydrogen) atoms. The largest absolute Gasteiger partial charge is 0.495 e. The lowest BCUT2D eigenvalue weighted by atomic mass is 9.95. The van der Waals surface area contributed by atoms with Crippen molar-refractivity contribution in [1.82, 2.24) is 10.2 Å². The Morgan fingerprint density at radius 2 is 1.68 bits per heavy atom. The van der Waals surface area contributed by atoms with Crippen LogP contribution in [0.4, 0.5) is 5.69 Å². The Morgan fingerprint density at radius 1 is 1.05 bits per heavy atom. The Kier molecular flexibility index (Phi) is 10.1. The van der Waals surface area contributed by atoms with Gasteiger partial charge >= 0.3 is 0 Å². The zero-order valence-corrected chi connectivity index (χ0v) is 23.6. The second kappa shape index (κ2) is 12.8. The third-order valence-electron chi connectivity index (χ3n) is 6.47. The van der Waals surface area contributed by atoms with Crippen molar-refractivity contribution in [2.45, 2.75) is 57.7 Å². The Hall–Kier alpha value is -2.49. The second-order valence-corrected chi connectivity index (χ2v) is 12.0. The van der Waals surface area contributed by atoms with E-state index in [1.165, 1.54) is 24.1 Å². The van der Waals surface area contributed by atoms with Crippen molar-refractivity contribution in [3.8, 4) is 5.75 Å². The van der Waals surface area contributed by atoms with E-state index < -0.39 is 28.5 Å². The molecule has 3 rings (SSSR count). The number of nitrogens with zero attached hydrogens (tertiary/aromatic N) is 2. The molecule has 1 atom stereocenters. The fourth-order valence-corrected chi connectivity index (χ4v) is 5.53. The maximum absolute atomic E-state index is 13.7. The van der Waals surface area contributed by atoms with Crippen LogP contribution in [-0.4, -0.2) is 57.1 Å². The van der Waals surface area contributed by atoms with Gasteiger partial charge in [-0.05, 0) is 55.7 Å². The van der Waals surface area contributed by atoms with Gasteiger partial charge in [0.05, 0.1) is 19.1 Å². The Labute approximate surface area is 228 Å². The minimum atomic E-state index is -3.91. The number of anilines is 1. The Balaban J connectivity index is 1.91. The van der Waals surface area contributed by atoms with E-state index in [1.807, 2.05) is 0 Å². The van der Waals surface area contributed by atoms with E-state index in [4.69, 9.17) is 27.9 Å². The normalized spacial score (nSPS) is 15.1. The maximum Gasteiger partial charge on any atom is 0.244 e. The topological polar surface area (TPSA) is 96.0 Å². The number of rotatable bonds is 10. The third kappa shape index (κ3) is 7.99. The molecule has 1 aliphatic carbocycles. The first kappa shape index (κ1) is 29.1. The highest BCUT2D eigenvalue weighted by atomic mass is 35.5. The Bertz CT molecular complexity index is 1200. The van der Waals surface area contributed by atoms with Crippen molar-refractivity contribution < 1.29 is 22.7 Å². The van der Waals surface area contributed by atoms with Gasteiger partial charge in [0.2, 0.25) is 21.8 Å². The maximum atomic E-state index is 13.7. The summed E-state index contributed by atoms with van der Waals surface area (Å²) in [6.45, 7) is 1.21. The van der Waals surface area contributed by atoms with Crippen LogP contribution in [0.15, 0.2) is 42.5 Å². The van der Waals surface area contributed by atoms with Crippen molar-refractivity contribution in [3.63, 3.8) is 0 Å². The number of hydrogen-bond donors (Lipinski definition) is 1. The van der Waals surface area contributed by atoms with Crippen molar-refractivity contribution >= 4 is 50.7 Å². The first-order valence-electron chi connectivity index (χ1n) is 12.1.